The molecule has 5 N–H and O–H groups in total. The van der Waals surface area contributed by atoms with Crippen LogP contribution in [0.15, 0.2) is 61.2 Å². The number of carbonyl (C=O) groups is 3. The number of H-pyrrole nitrogens is 1. The molecule has 5 aromatic rings. The van der Waals surface area contributed by atoms with Crippen LogP contribution in [0.5, 0.6) is 0 Å². The van der Waals surface area contributed by atoms with Crippen molar-refractivity contribution >= 4 is 40.6 Å². The molecule has 7 rings (SSSR count). The molecule has 0 unspecified atom stereocenters. The van der Waals surface area contributed by atoms with Crippen LogP contribution in [-0.2, 0) is 9.47 Å². The van der Waals surface area contributed by atoms with Crippen molar-refractivity contribution in [3.8, 4) is 11.4 Å². The van der Waals surface area contributed by atoms with Crippen LogP contribution >= 0.6 is 0 Å². The van der Waals surface area contributed by atoms with Gasteiger partial charge in [-0.2, -0.15) is 0 Å². The fourth-order valence-electron chi connectivity index (χ4n) is 5.33. The number of nitrogen functional groups attached to an aromatic ring is 2. The summed E-state index contributed by atoms with van der Waals surface area (Å²) in [6, 6.07) is 11.1. The van der Waals surface area contributed by atoms with Gasteiger partial charge in [-0.1, -0.05) is 12.1 Å². The second-order valence-corrected chi connectivity index (χ2v) is 11.7. The number of anilines is 2. The number of hydrogen-bond acceptors (Lipinski definition) is 10. The average molecular weight is 635 g/mol. The molecule has 2 fully saturated rings. The molecule has 11 nitrogen and oxygen atoms in total. The number of aldehydes is 1. The molecule has 0 aliphatic heterocycles. The first kappa shape index (κ1) is 32.8. The van der Waals surface area contributed by atoms with Gasteiger partial charge in [0.2, 0.25) is 0 Å². The van der Waals surface area contributed by atoms with Gasteiger partial charge in [-0.3, -0.25) is 14.8 Å². The van der Waals surface area contributed by atoms with Crippen molar-refractivity contribution in [2.45, 2.75) is 51.4 Å². The van der Waals surface area contributed by atoms with E-state index in [-0.39, 0.29) is 11.9 Å². The summed E-state index contributed by atoms with van der Waals surface area (Å²) in [4.78, 5) is 50.3. The third kappa shape index (κ3) is 7.63. The predicted molar refractivity (Wildman–Crippen MR) is 180 cm³/mol. The number of nitrogens with two attached hydrogens (primary N) is 2. The van der Waals surface area contributed by atoms with Gasteiger partial charge in [-0.25, -0.2) is 14.6 Å². The normalized spacial score (nSPS) is 13.4. The van der Waals surface area contributed by atoms with Crippen LogP contribution in [0.3, 0.4) is 0 Å². The molecule has 3 aromatic heterocycles. The highest BCUT2D eigenvalue weighted by molar-refractivity contribution is 5.94. The summed E-state index contributed by atoms with van der Waals surface area (Å²) in [5.41, 5.74) is 20.4. The zero-order valence-electron chi connectivity index (χ0n) is 26.9. The molecule has 2 aromatic carbocycles. The van der Waals surface area contributed by atoms with Gasteiger partial charge >= 0.3 is 11.9 Å². The molecular weight excluding hydrogens is 596 g/mol. The van der Waals surface area contributed by atoms with Crippen molar-refractivity contribution in [2.75, 3.05) is 25.7 Å². The second kappa shape index (κ2) is 14.2. The standard InChI is InChI=1S/C18H17N3O2.C13H14O3.C5H7N3/c1-10-7-13(11-3-4-11)14(8-12(10)18(22)23-2)17-20-15-5-6-19-9-16(15)21-17;1-8-5-12(9-3-4-9)10(7-14)6-11(8)13(15)16-2;6-4-1-2-8-3-5(4)7/h5-9,11H,3-4H2,1-2H3,(H,20,21);5-7,9H,3-4H2,1-2H3;1-3H,7H2,(H2,6,8). The lowest BCUT2D eigenvalue weighted by atomic mass is 9.95. The van der Waals surface area contributed by atoms with E-state index in [9.17, 15) is 14.4 Å². The number of fused-ring (bicyclic) bond motifs is 1. The number of carbonyl (C=O) groups excluding carboxylic acids is 3. The third-order valence-electron chi connectivity index (χ3n) is 8.22. The van der Waals surface area contributed by atoms with E-state index in [0.29, 0.717) is 39.9 Å². The average Bonchev–Trinajstić information content (AvgIpc) is 4.03. The molecule has 0 atom stereocenters. The first-order valence-electron chi connectivity index (χ1n) is 15.3. The molecule has 242 valence electrons. The van der Waals surface area contributed by atoms with Crippen LogP contribution in [0.2, 0.25) is 0 Å². The van der Waals surface area contributed by atoms with Crippen molar-refractivity contribution in [2.24, 2.45) is 0 Å². The molecule has 3 heterocycles. The fraction of sp³-hybridized carbons (Fsp3) is 0.278. The number of nitrogens with one attached hydrogen (secondary N) is 1. The van der Waals surface area contributed by atoms with Crippen molar-refractivity contribution in [3.63, 3.8) is 0 Å². The Morgan fingerprint density at radius 1 is 0.809 bits per heavy atom. The Labute approximate surface area is 272 Å². The van der Waals surface area contributed by atoms with Crippen molar-refractivity contribution in [1.82, 2.24) is 19.9 Å². The number of aromatic amines is 1. The summed E-state index contributed by atoms with van der Waals surface area (Å²) in [6.07, 6.45) is 12.1. The minimum atomic E-state index is -0.386. The Kier molecular flexibility index (Phi) is 9.94. The number of aryl methyl sites for hydroxylation is 2. The van der Waals surface area contributed by atoms with Gasteiger partial charge in [0.05, 0.1) is 60.1 Å². The Bertz CT molecular complexity index is 1890. The third-order valence-corrected chi connectivity index (χ3v) is 8.22. The highest BCUT2D eigenvalue weighted by atomic mass is 16.5. The Balaban J connectivity index is 0.000000156. The lowest BCUT2D eigenvalue weighted by molar-refractivity contribution is 0.0591. The van der Waals surface area contributed by atoms with Gasteiger partial charge in [0.25, 0.3) is 0 Å². The quantitative estimate of drug-likeness (QED) is 0.142. The van der Waals surface area contributed by atoms with E-state index in [0.717, 1.165) is 58.2 Å². The zero-order chi connectivity index (χ0) is 33.7. The number of esters is 2. The highest BCUT2D eigenvalue weighted by Gasteiger charge is 2.29. The fourth-order valence-corrected chi connectivity index (χ4v) is 5.33. The number of ether oxygens (including phenoxy) is 2. The largest absolute Gasteiger partial charge is 0.465 e. The predicted octanol–water partition coefficient (Wildman–Crippen LogP) is 6.31. The number of hydrogen-bond donors (Lipinski definition) is 3. The summed E-state index contributed by atoms with van der Waals surface area (Å²) < 4.78 is 9.58. The van der Waals surface area contributed by atoms with Gasteiger partial charge in [0, 0.05) is 23.5 Å². The molecule has 0 amide bonds. The molecule has 0 saturated heterocycles. The number of pyridine rings is 2. The van der Waals surface area contributed by atoms with E-state index in [1.165, 1.54) is 38.8 Å². The lowest BCUT2D eigenvalue weighted by Crippen LogP contribution is -2.06. The molecule has 0 bridgehead atoms. The van der Waals surface area contributed by atoms with Crippen molar-refractivity contribution in [1.29, 1.82) is 0 Å². The van der Waals surface area contributed by atoms with E-state index < -0.39 is 0 Å². The summed E-state index contributed by atoms with van der Waals surface area (Å²) >= 11 is 0. The number of nitrogens with zero attached hydrogens (tertiary/aromatic N) is 3. The minimum Gasteiger partial charge on any atom is -0.465 e. The summed E-state index contributed by atoms with van der Waals surface area (Å²) in [6.45, 7) is 3.82. The van der Waals surface area contributed by atoms with Crippen LogP contribution in [0, 0.1) is 13.8 Å². The van der Waals surface area contributed by atoms with E-state index in [2.05, 4.69) is 30.7 Å². The monoisotopic (exact) mass is 634 g/mol. The first-order chi connectivity index (χ1) is 22.6. The molecule has 2 saturated carbocycles. The Morgan fingerprint density at radius 3 is 1.91 bits per heavy atom. The van der Waals surface area contributed by atoms with E-state index in [4.69, 9.17) is 16.2 Å². The number of imidazole rings is 1. The molecule has 2 aliphatic rings. The van der Waals surface area contributed by atoms with Gasteiger partial charge in [0.1, 0.15) is 12.1 Å². The SMILES string of the molecule is COC(=O)c1cc(-c2nc3ccncc3[nH]2)c(C2CC2)cc1C.COC(=O)c1cc(C=O)c(C2CC2)cc1C.Nc1ccncc1N. The maximum Gasteiger partial charge on any atom is 0.338 e. The highest BCUT2D eigenvalue weighted by Crippen LogP contribution is 2.45. The number of rotatable bonds is 6. The Hall–Kier alpha value is -5.58. The first-order valence-corrected chi connectivity index (χ1v) is 15.3. The lowest BCUT2D eigenvalue weighted by Gasteiger charge is -2.12. The summed E-state index contributed by atoms with van der Waals surface area (Å²) in [5, 5.41) is 0. The van der Waals surface area contributed by atoms with E-state index in [1.807, 2.05) is 32.0 Å². The van der Waals surface area contributed by atoms with Gasteiger partial charge < -0.3 is 25.9 Å². The number of methoxy groups -OCH3 is 2. The smallest absolute Gasteiger partial charge is 0.338 e. The van der Waals surface area contributed by atoms with Crippen LogP contribution in [0.25, 0.3) is 22.4 Å². The van der Waals surface area contributed by atoms with E-state index in [1.54, 1.807) is 30.7 Å². The topological polar surface area (TPSA) is 176 Å². The van der Waals surface area contributed by atoms with Gasteiger partial charge in [-0.15, -0.1) is 0 Å². The molecular formula is C36H38N6O5. The molecule has 47 heavy (non-hydrogen) atoms. The van der Waals surface area contributed by atoms with Crippen molar-refractivity contribution < 1.29 is 23.9 Å². The minimum absolute atomic E-state index is 0.316. The maximum absolute atomic E-state index is 12.0. The maximum atomic E-state index is 12.0. The number of benzene rings is 2. The molecule has 11 heteroatoms. The van der Waals surface area contributed by atoms with Crippen LogP contribution < -0.4 is 11.5 Å². The van der Waals surface area contributed by atoms with Crippen LogP contribution in [0.4, 0.5) is 11.4 Å². The summed E-state index contributed by atoms with van der Waals surface area (Å²) in [5.74, 6) is 1.14. The zero-order valence-corrected chi connectivity index (χ0v) is 26.9. The molecule has 0 radical (unpaired) electrons. The van der Waals surface area contributed by atoms with Crippen LogP contribution in [-0.4, -0.2) is 52.4 Å². The van der Waals surface area contributed by atoms with Gasteiger partial charge in [-0.05, 0) is 97.9 Å². The molecule has 2 aliphatic carbocycles. The van der Waals surface area contributed by atoms with Gasteiger partial charge in [0.15, 0.2) is 0 Å². The van der Waals surface area contributed by atoms with Crippen molar-refractivity contribution in [3.05, 3.63) is 100 Å². The van der Waals surface area contributed by atoms with E-state index >= 15 is 0 Å². The Morgan fingerprint density at radius 2 is 1.38 bits per heavy atom. The second-order valence-electron chi connectivity index (χ2n) is 11.7. The summed E-state index contributed by atoms with van der Waals surface area (Å²) in [7, 11) is 2.75. The van der Waals surface area contributed by atoms with Crippen LogP contribution in [0.1, 0.15) is 90.8 Å². The number of aromatic nitrogens is 4. The molecule has 0 spiro atoms.